The van der Waals surface area contributed by atoms with Crippen molar-refractivity contribution in [2.45, 2.75) is 19.8 Å². The SMILES string of the molecule is Cc1ccc2c(c1)CCCN2c1cncc(Cl)n1. The van der Waals surface area contributed by atoms with E-state index in [4.69, 9.17) is 11.6 Å². The summed E-state index contributed by atoms with van der Waals surface area (Å²) < 4.78 is 0. The Morgan fingerprint density at radius 2 is 2.17 bits per heavy atom. The average Bonchev–Trinajstić information content (AvgIpc) is 2.37. The van der Waals surface area contributed by atoms with Crippen LogP contribution in [0.5, 0.6) is 0 Å². The van der Waals surface area contributed by atoms with E-state index in [-0.39, 0.29) is 0 Å². The molecular weight excluding hydrogens is 246 g/mol. The lowest BCUT2D eigenvalue weighted by molar-refractivity contribution is 0.757. The summed E-state index contributed by atoms with van der Waals surface area (Å²) in [5.41, 5.74) is 3.90. The Morgan fingerprint density at radius 1 is 1.28 bits per heavy atom. The molecular formula is C14H14ClN3. The van der Waals surface area contributed by atoms with Crippen molar-refractivity contribution >= 4 is 23.1 Å². The minimum Gasteiger partial charge on any atom is -0.325 e. The van der Waals surface area contributed by atoms with Crippen LogP contribution in [0.4, 0.5) is 11.5 Å². The smallest absolute Gasteiger partial charge is 0.153 e. The number of nitrogens with zero attached hydrogens (tertiary/aromatic N) is 3. The summed E-state index contributed by atoms with van der Waals surface area (Å²) in [7, 11) is 0. The summed E-state index contributed by atoms with van der Waals surface area (Å²) in [6.45, 7) is 3.09. The Balaban J connectivity index is 2.06. The molecule has 0 bridgehead atoms. The van der Waals surface area contributed by atoms with Crippen LogP contribution in [0.3, 0.4) is 0 Å². The number of fused-ring (bicyclic) bond motifs is 1. The van der Waals surface area contributed by atoms with Crippen LogP contribution in [-0.4, -0.2) is 16.5 Å². The second-order valence-electron chi connectivity index (χ2n) is 4.59. The van der Waals surface area contributed by atoms with Gasteiger partial charge in [0.1, 0.15) is 5.15 Å². The van der Waals surface area contributed by atoms with Gasteiger partial charge in [-0.05, 0) is 31.4 Å². The van der Waals surface area contributed by atoms with E-state index < -0.39 is 0 Å². The summed E-state index contributed by atoms with van der Waals surface area (Å²) >= 11 is 5.92. The third-order valence-electron chi connectivity index (χ3n) is 3.22. The highest BCUT2D eigenvalue weighted by molar-refractivity contribution is 6.29. The first-order valence-corrected chi connectivity index (χ1v) is 6.46. The molecule has 1 aliphatic rings. The van der Waals surface area contributed by atoms with Crippen molar-refractivity contribution in [1.82, 2.24) is 9.97 Å². The highest BCUT2D eigenvalue weighted by atomic mass is 35.5. The highest BCUT2D eigenvalue weighted by Gasteiger charge is 2.19. The molecule has 3 nitrogen and oxygen atoms in total. The number of anilines is 2. The predicted molar refractivity (Wildman–Crippen MR) is 73.5 cm³/mol. The van der Waals surface area contributed by atoms with Crippen molar-refractivity contribution in [3.05, 3.63) is 46.9 Å². The topological polar surface area (TPSA) is 29.0 Å². The standard InChI is InChI=1S/C14H14ClN3/c1-10-4-5-12-11(7-10)3-2-6-18(12)14-9-16-8-13(15)17-14/h4-5,7-9H,2-3,6H2,1H3. The number of benzene rings is 1. The lowest BCUT2D eigenvalue weighted by Crippen LogP contribution is -2.25. The fraction of sp³-hybridized carbons (Fsp3) is 0.286. The highest BCUT2D eigenvalue weighted by Crippen LogP contribution is 2.32. The molecule has 4 heteroatoms. The molecule has 0 saturated carbocycles. The van der Waals surface area contributed by atoms with E-state index in [0.29, 0.717) is 5.15 Å². The van der Waals surface area contributed by atoms with Crippen molar-refractivity contribution in [3.8, 4) is 0 Å². The molecule has 0 unspecified atom stereocenters. The van der Waals surface area contributed by atoms with E-state index in [9.17, 15) is 0 Å². The quantitative estimate of drug-likeness (QED) is 0.785. The van der Waals surface area contributed by atoms with Crippen LogP contribution >= 0.6 is 11.6 Å². The molecule has 0 atom stereocenters. The Bertz CT molecular complexity index is 583. The van der Waals surface area contributed by atoms with Crippen molar-refractivity contribution in [2.24, 2.45) is 0 Å². The number of hydrogen-bond donors (Lipinski definition) is 0. The van der Waals surface area contributed by atoms with Gasteiger partial charge in [-0.2, -0.15) is 0 Å². The number of aromatic nitrogens is 2. The van der Waals surface area contributed by atoms with Gasteiger partial charge in [-0.1, -0.05) is 29.3 Å². The molecule has 18 heavy (non-hydrogen) atoms. The van der Waals surface area contributed by atoms with Crippen LogP contribution in [0.25, 0.3) is 0 Å². The van der Waals surface area contributed by atoms with Crippen LogP contribution in [0, 0.1) is 6.92 Å². The van der Waals surface area contributed by atoms with E-state index in [1.165, 1.54) is 16.8 Å². The Hall–Kier alpha value is -1.61. The van der Waals surface area contributed by atoms with Crippen LogP contribution in [0.1, 0.15) is 17.5 Å². The fourth-order valence-electron chi connectivity index (χ4n) is 2.43. The largest absolute Gasteiger partial charge is 0.325 e. The van der Waals surface area contributed by atoms with Gasteiger partial charge in [0.05, 0.1) is 12.4 Å². The van der Waals surface area contributed by atoms with Gasteiger partial charge in [-0.3, -0.25) is 4.98 Å². The Kier molecular flexibility index (Phi) is 2.92. The van der Waals surface area contributed by atoms with Crippen molar-refractivity contribution in [1.29, 1.82) is 0 Å². The zero-order chi connectivity index (χ0) is 12.5. The lowest BCUT2D eigenvalue weighted by Gasteiger charge is -2.30. The molecule has 1 aromatic carbocycles. The van der Waals surface area contributed by atoms with Crippen molar-refractivity contribution in [2.75, 3.05) is 11.4 Å². The average molecular weight is 260 g/mol. The van der Waals surface area contributed by atoms with Gasteiger partial charge in [-0.25, -0.2) is 4.98 Å². The molecule has 0 aliphatic carbocycles. The minimum absolute atomic E-state index is 0.437. The molecule has 0 saturated heterocycles. The van der Waals surface area contributed by atoms with E-state index in [0.717, 1.165) is 25.2 Å². The van der Waals surface area contributed by atoms with E-state index in [1.54, 1.807) is 12.4 Å². The van der Waals surface area contributed by atoms with Gasteiger partial charge in [-0.15, -0.1) is 0 Å². The number of hydrogen-bond acceptors (Lipinski definition) is 3. The van der Waals surface area contributed by atoms with Crippen LogP contribution in [0.15, 0.2) is 30.6 Å². The molecule has 1 aliphatic heterocycles. The third kappa shape index (κ3) is 2.06. The zero-order valence-corrected chi connectivity index (χ0v) is 11.0. The van der Waals surface area contributed by atoms with Gasteiger partial charge in [0, 0.05) is 12.2 Å². The lowest BCUT2D eigenvalue weighted by atomic mass is 10.00. The molecule has 1 aromatic heterocycles. The molecule has 0 radical (unpaired) electrons. The van der Waals surface area contributed by atoms with Gasteiger partial charge >= 0.3 is 0 Å². The maximum Gasteiger partial charge on any atom is 0.153 e. The number of rotatable bonds is 1. The molecule has 0 N–H and O–H groups in total. The molecule has 3 rings (SSSR count). The molecule has 2 aromatic rings. The molecule has 2 heterocycles. The Labute approximate surface area is 111 Å². The van der Waals surface area contributed by atoms with Crippen molar-refractivity contribution < 1.29 is 0 Å². The maximum absolute atomic E-state index is 5.92. The monoisotopic (exact) mass is 259 g/mol. The van der Waals surface area contributed by atoms with Crippen LogP contribution in [-0.2, 0) is 6.42 Å². The predicted octanol–water partition coefficient (Wildman–Crippen LogP) is 3.52. The summed E-state index contributed by atoms with van der Waals surface area (Å²) in [5, 5.41) is 0.437. The second-order valence-corrected chi connectivity index (χ2v) is 4.97. The van der Waals surface area contributed by atoms with E-state index >= 15 is 0 Å². The van der Waals surface area contributed by atoms with Gasteiger partial charge in [0.25, 0.3) is 0 Å². The first kappa shape index (κ1) is 11.5. The second kappa shape index (κ2) is 4.58. The summed E-state index contributed by atoms with van der Waals surface area (Å²) in [6.07, 6.45) is 5.58. The first-order valence-electron chi connectivity index (χ1n) is 6.08. The Morgan fingerprint density at radius 3 is 3.00 bits per heavy atom. The third-order valence-corrected chi connectivity index (χ3v) is 3.40. The fourth-order valence-corrected chi connectivity index (χ4v) is 2.57. The van der Waals surface area contributed by atoms with Crippen LogP contribution in [0.2, 0.25) is 5.15 Å². The molecule has 0 spiro atoms. The summed E-state index contributed by atoms with van der Waals surface area (Å²) in [5.74, 6) is 0.826. The zero-order valence-electron chi connectivity index (χ0n) is 10.2. The van der Waals surface area contributed by atoms with Crippen molar-refractivity contribution in [3.63, 3.8) is 0 Å². The van der Waals surface area contributed by atoms with Gasteiger partial charge in [0.2, 0.25) is 0 Å². The van der Waals surface area contributed by atoms with Gasteiger partial charge < -0.3 is 4.90 Å². The van der Waals surface area contributed by atoms with Crippen LogP contribution < -0.4 is 4.90 Å². The molecule has 0 fully saturated rings. The number of aryl methyl sites for hydroxylation is 2. The minimum atomic E-state index is 0.437. The van der Waals surface area contributed by atoms with E-state index in [1.807, 2.05) is 0 Å². The normalized spacial score (nSPS) is 14.4. The first-order chi connectivity index (χ1) is 8.74. The summed E-state index contributed by atoms with van der Waals surface area (Å²) in [4.78, 5) is 10.7. The number of halogens is 1. The van der Waals surface area contributed by atoms with Gasteiger partial charge in [0.15, 0.2) is 5.82 Å². The summed E-state index contributed by atoms with van der Waals surface area (Å²) in [6, 6.07) is 6.54. The molecule has 92 valence electrons. The van der Waals surface area contributed by atoms with E-state index in [2.05, 4.69) is 40.0 Å². The maximum atomic E-state index is 5.92. The molecule has 0 amide bonds.